The second-order valence-electron chi connectivity index (χ2n) is 5.20. The highest BCUT2D eigenvalue weighted by atomic mass is 32.2. The fraction of sp³-hybridized carbons (Fsp3) is 0.267. The Morgan fingerprint density at radius 3 is 2.38 bits per heavy atom. The Morgan fingerprint density at radius 2 is 1.76 bits per heavy atom. The van der Waals surface area contributed by atoms with Crippen molar-refractivity contribution < 1.29 is 8.42 Å². The summed E-state index contributed by atoms with van der Waals surface area (Å²) in [5, 5.41) is 0. The lowest BCUT2D eigenvalue weighted by Crippen LogP contribution is -2.17. The molecule has 0 aliphatic carbocycles. The molecule has 2 rings (SSSR count). The maximum absolute atomic E-state index is 12.6. The third-order valence-corrected chi connectivity index (χ3v) is 4.89. The molecule has 0 bridgehead atoms. The van der Waals surface area contributed by atoms with Gasteiger partial charge in [-0.15, -0.1) is 0 Å². The zero-order valence-corrected chi connectivity index (χ0v) is 13.4. The highest BCUT2D eigenvalue weighted by Gasteiger charge is 2.21. The number of sulfonamides is 1. The van der Waals surface area contributed by atoms with Crippen LogP contribution < -0.4 is 10.5 Å². The summed E-state index contributed by atoms with van der Waals surface area (Å²) in [6.07, 6.45) is 0. The molecule has 0 aliphatic heterocycles. The molecule has 0 fully saturated rings. The van der Waals surface area contributed by atoms with Crippen molar-refractivity contribution in [3.63, 3.8) is 0 Å². The largest absolute Gasteiger partial charge is 0.398 e. The van der Waals surface area contributed by atoms with E-state index in [0.29, 0.717) is 22.6 Å². The molecule has 0 saturated heterocycles. The number of rotatable bonds is 3. The monoisotopic (exact) mass is 305 g/mol. The normalized spacial score (nSPS) is 11.4. The second kappa shape index (κ2) is 5.37. The second-order valence-corrected chi connectivity index (χ2v) is 6.82. The van der Waals surface area contributed by atoms with Crippen LogP contribution in [0.1, 0.15) is 22.4 Å². The van der Waals surface area contributed by atoms with Gasteiger partial charge < -0.3 is 5.73 Å². The summed E-state index contributed by atoms with van der Waals surface area (Å²) in [5.74, 6) is 0.314. The first-order chi connectivity index (χ1) is 9.70. The molecule has 1 aromatic carbocycles. The first kappa shape index (κ1) is 15.3. The third-order valence-electron chi connectivity index (χ3n) is 3.25. The zero-order valence-electron chi connectivity index (χ0n) is 12.6. The van der Waals surface area contributed by atoms with Crippen LogP contribution in [0.5, 0.6) is 0 Å². The molecule has 6 heteroatoms. The summed E-state index contributed by atoms with van der Waals surface area (Å²) in [7, 11) is -3.72. The van der Waals surface area contributed by atoms with Gasteiger partial charge in [-0.05, 0) is 62.6 Å². The Bertz CT molecular complexity index is 779. The first-order valence-corrected chi connectivity index (χ1v) is 8.03. The van der Waals surface area contributed by atoms with E-state index in [4.69, 9.17) is 5.73 Å². The van der Waals surface area contributed by atoms with Gasteiger partial charge in [-0.1, -0.05) is 6.07 Å². The Hall–Kier alpha value is -2.08. The number of aryl methyl sites for hydroxylation is 3. The van der Waals surface area contributed by atoms with E-state index in [0.717, 1.165) is 11.3 Å². The van der Waals surface area contributed by atoms with Crippen LogP contribution in [0.3, 0.4) is 0 Å². The fourth-order valence-electron chi connectivity index (χ4n) is 2.34. The molecule has 112 valence electrons. The van der Waals surface area contributed by atoms with Gasteiger partial charge in [0.1, 0.15) is 5.82 Å². The molecule has 1 heterocycles. The molecule has 0 amide bonds. The summed E-state index contributed by atoms with van der Waals surface area (Å²) in [6.45, 7) is 7.16. The molecule has 0 saturated carbocycles. The van der Waals surface area contributed by atoms with Gasteiger partial charge in [0.15, 0.2) is 0 Å². The number of nitrogen functional groups attached to an aromatic ring is 1. The van der Waals surface area contributed by atoms with Gasteiger partial charge in [0.05, 0.1) is 4.90 Å². The topological polar surface area (TPSA) is 85.1 Å². The standard InChI is InChI=1S/C15H19N3O2S/c1-9-7-11(3)17-14(8-9)18-21(19,20)15-10(2)5-6-13(16)12(15)4/h5-8H,16H2,1-4H3,(H,17,18). The highest BCUT2D eigenvalue weighted by Crippen LogP contribution is 2.26. The summed E-state index contributed by atoms with van der Waals surface area (Å²) >= 11 is 0. The lowest BCUT2D eigenvalue weighted by Gasteiger charge is -2.14. The average molecular weight is 305 g/mol. The number of nitrogens with one attached hydrogen (secondary N) is 1. The van der Waals surface area contributed by atoms with E-state index in [1.807, 2.05) is 19.9 Å². The number of nitrogens with zero attached hydrogens (tertiary/aromatic N) is 1. The Labute approximate surface area is 125 Å². The van der Waals surface area contributed by atoms with Gasteiger partial charge in [-0.2, -0.15) is 0 Å². The quantitative estimate of drug-likeness (QED) is 0.854. The minimum Gasteiger partial charge on any atom is -0.398 e. The summed E-state index contributed by atoms with van der Waals surface area (Å²) < 4.78 is 27.8. The highest BCUT2D eigenvalue weighted by molar-refractivity contribution is 7.92. The Kier molecular flexibility index (Phi) is 3.91. The molecule has 0 atom stereocenters. The van der Waals surface area contributed by atoms with Crippen LogP contribution in [-0.2, 0) is 10.0 Å². The summed E-state index contributed by atoms with van der Waals surface area (Å²) in [6, 6.07) is 6.99. The minimum absolute atomic E-state index is 0.212. The number of nitrogens with two attached hydrogens (primary N) is 1. The van der Waals surface area contributed by atoms with Crippen LogP contribution in [0.2, 0.25) is 0 Å². The van der Waals surface area contributed by atoms with E-state index < -0.39 is 10.0 Å². The number of hydrogen-bond acceptors (Lipinski definition) is 4. The zero-order chi connectivity index (χ0) is 15.8. The number of aromatic nitrogens is 1. The van der Waals surface area contributed by atoms with Crippen molar-refractivity contribution in [3.05, 3.63) is 46.6 Å². The molecule has 0 radical (unpaired) electrons. The van der Waals surface area contributed by atoms with Crippen molar-refractivity contribution in [2.24, 2.45) is 0 Å². The molecule has 0 unspecified atom stereocenters. The van der Waals surface area contributed by atoms with Crippen LogP contribution in [0, 0.1) is 27.7 Å². The van der Waals surface area contributed by atoms with E-state index in [1.165, 1.54) is 0 Å². The van der Waals surface area contributed by atoms with Crippen LogP contribution in [0.15, 0.2) is 29.2 Å². The lowest BCUT2D eigenvalue weighted by atomic mass is 10.1. The van der Waals surface area contributed by atoms with Crippen molar-refractivity contribution in [1.29, 1.82) is 0 Å². The minimum atomic E-state index is -3.72. The summed E-state index contributed by atoms with van der Waals surface area (Å²) in [4.78, 5) is 4.42. The van der Waals surface area contributed by atoms with Crippen LogP contribution >= 0.6 is 0 Å². The SMILES string of the molecule is Cc1cc(C)nc(NS(=O)(=O)c2c(C)ccc(N)c2C)c1. The van der Waals surface area contributed by atoms with E-state index in [1.54, 1.807) is 32.0 Å². The van der Waals surface area contributed by atoms with Gasteiger partial charge in [0.25, 0.3) is 10.0 Å². The Morgan fingerprint density at radius 1 is 1.10 bits per heavy atom. The lowest BCUT2D eigenvalue weighted by molar-refractivity contribution is 0.600. The molecule has 21 heavy (non-hydrogen) atoms. The molecule has 0 spiro atoms. The van der Waals surface area contributed by atoms with Gasteiger partial charge in [-0.3, -0.25) is 4.72 Å². The van der Waals surface area contributed by atoms with E-state index in [-0.39, 0.29) is 4.90 Å². The number of benzene rings is 1. The number of pyridine rings is 1. The maximum Gasteiger partial charge on any atom is 0.263 e. The molecule has 3 N–H and O–H groups in total. The number of anilines is 2. The van der Waals surface area contributed by atoms with E-state index >= 15 is 0 Å². The smallest absolute Gasteiger partial charge is 0.263 e. The molecular weight excluding hydrogens is 286 g/mol. The van der Waals surface area contributed by atoms with Crippen LogP contribution in [0.25, 0.3) is 0 Å². The van der Waals surface area contributed by atoms with Gasteiger partial charge in [0.2, 0.25) is 0 Å². The van der Waals surface area contributed by atoms with Crippen molar-refractivity contribution in [2.75, 3.05) is 10.5 Å². The first-order valence-electron chi connectivity index (χ1n) is 6.54. The van der Waals surface area contributed by atoms with Gasteiger partial charge >= 0.3 is 0 Å². The van der Waals surface area contributed by atoms with Crippen molar-refractivity contribution in [3.8, 4) is 0 Å². The molecule has 1 aromatic heterocycles. The predicted molar refractivity (Wildman–Crippen MR) is 84.8 cm³/mol. The molecule has 0 aliphatic rings. The maximum atomic E-state index is 12.6. The Balaban J connectivity index is 2.51. The molecular formula is C15H19N3O2S. The van der Waals surface area contributed by atoms with Crippen molar-refractivity contribution in [2.45, 2.75) is 32.6 Å². The van der Waals surface area contributed by atoms with Crippen molar-refractivity contribution in [1.82, 2.24) is 4.98 Å². The van der Waals surface area contributed by atoms with E-state index in [9.17, 15) is 8.42 Å². The van der Waals surface area contributed by atoms with Crippen molar-refractivity contribution >= 4 is 21.5 Å². The average Bonchev–Trinajstić information content (AvgIpc) is 2.32. The van der Waals surface area contributed by atoms with Gasteiger partial charge in [0, 0.05) is 11.4 Å². The fourth-order valence-corrected chi connectivity index (χ4v) is 3.83. The predicted octanol–water partition coefficient (Wildman–Crippen LogP) is 2.70. The number of hydrogen-bond donors (Lipinski definition) is 2. The molecule has 5 nitrogen and oxygen atoms in total. The summed E-state index contributed by atoms with van der Waals surface area (Å²) in [5.41, 5.74) is 9.18. The van der Waals surface area contributed by atoms with E-state index in [2.05, 4.69) is 9.71 Å². The molecule has 2 aromatic rings. The third kappa shape index (κ3) is 3.16. The van der Waals surface area contributed by atoms with Gasteiger partial charge in [-0.25, -0.2) is 13.4 Å². The van der Waals surface area contributed by atoms with Crippen LogP contribution in [0.4, 0.5) is 11.5 Å². The van der Waals surface area contributed by atoms with Crippen LogP contribution in [-0.4, -0.2) is 13.4 Å².